The van der Waals surface area contributed by atoms with Crippen LogP contribution in [-0.4, -0.2) is 38.7 Å². The van der Waals surface area contributed by atoms with Crippen LogP contribution < -0.4 is 16.4 Å². The smallest absolute Gasteiger partial charge is 0.246 e. The van der Waals surface area contributed by atoms with E-state index in [-0.39, 0.29) is 18.4 Å². The number of ether oxygens (including phenoxy) is 1. The molecule has 0 atom stereocenters. The van der Waals surface area contributed by atoms with Crippen LogP contribution in [-0.2, 0) is 16.0 Å². The third kappa shape index (κ3) is 6.19. The first kappa shape index (κ1) is 16.0. The van der Waals surface area contributed by atoms with Crippen LogP contribution in [0.15, 0.2) is 29.3 Å². The first-order valence-corrected chi connectivity index (χ1v) is 6.57. The van der Waals surface area contributed by atoms with Gasteiger partial charge in [0.2, 0.25) is 5.91 Å². The number of nitrogens with two attached hydrogens (primary N) is 1. The predicted molar refractivity (Wildman–Crippen MR) is 80.8 cm³/mol. The van der Waals surface area contributed by atoms with Crippen LogP contribution in [0, 0.1) is 0 Å². The van der Waals surface area contributed by atoms with E-state index in [9.17, 15) is 4.79 Å². The molecule has 0 fully saturated rings. The molecule has 0 aliphatic heterocycles. The van der Waals surface area contributed by atoms with E-state index in [2.05, 4.69) is 22.5 Å². The van der Waals surface area contributed by atoms with E-state index >= 15 is 0 Å². The Kier molecular flexibility index (Phi) is 7.13. The molecule has 0 saturated heterocycles. The third-order valence-corrected chi connectivity index (χ3v) is 2.62. The summed E-state index contributed by atoms with van der Waals surface area (Å²) in [5.41, 5.74) is 7.55. The summed E-state index contributed by atoms with van der Waals surface area (Å²) < 4.78 is 4.87. The molecule has 1 amide bonds. The molecule has 0 heterocycles. The van der Waals surface area contributed by atoms with Gasteiger partial charge in [0, 0.05) is 19.3 Å². The number of aliphatic imine (C=N–C) groups is 1. The zero-order valence-corrected chi connectivity index (χ0v) is 12.0. The van der Waals surface area contributed by atoms with Crippen molar-refractivity contribution >= 4 is 17.6 Å². The summed E-state index contributed by atoms with van der Waals surface area (Å²) in [6.45, 7) is 3.15. The van der Waals surface area contributed by atoms with Crippen molar-refractivity contribution in [1.29, 1.82) is 0 Å². The van der Waals surface area contributed by atoms with Crippen LogP contribution in [0.5, 0.6) is 0 Å². The van der Waals surface area contributed by atoms with Crippen molar-refractivity contribution in [3.05, 3.63) is 29.8 Å². The number of carbonyl (C=O) groups excluding carboxylic acids is 1. The fraction of sp³-hybridized carbons (Fsp3) is 0.429. The van der Waals surface area contributed by atoms with E-state index in [0.717, 1.165) is 12.1 Å². The summed E-state index contributed by atoms with van der Waals surface area (Å²) in [7, 11) is 1.60. The Bertz CT molecular complexity index is 460. The summed E-state index contributed by atoms with van der Waals surface area (Å²) in [5, 5.41) is 5.63. The van der Waals surface area contributed by atoms with Gasteiger partial charge in [-0.15, -0.1) is 0 Å². The molecule has 6 heteroatoms. The van der Waals surface area contributed by atoms with E-state index in [4.69, 9.17) is 10.5 Å². The number of aryl methyl sites for hydroxylation is 1. The molecule has 1 aromatic rings. The van der Waals surface area contributed by atoms with Crippen molar-refractivity contribution in [3.8, 4) is 0 Å². The van der Waals surface area contributed by atoms with Gasteiger partial charge in [-0.2, -0.15) is 0 Å². The van der Waals surface area contributed by atoms with Crippen molar-refractivity contribution in [2.24, 2.45) is 10.7 Å². The van der Waals surface area contributed by atoms with Gasteiger partial charge in [-0.1, -0.05) is 19.1 Å². The van der Waals surface area contributed by atoms with Crippen molar-refractivity contribution < 1.29 is 9.53 Å². The van der Waals surface area contributed by atoms with Gasteiger partial charge in [0.05, 0.1) is 6.61 Å². The Balaban J connectivity index is 2.41. The number of nitrogens with zero attached hydrogens (tertiary/aromatic N) is 1. The maximum absolute atomic E-state index is 11.7. The predicted octanol–water partition coefficient (Wildman–Crippen LogP) is 0.738. The molecule has 0 aliphatic carbocycles. The molecule has 0 saturated carbocycles. The maximum Gasteiger partial charge on any atom is 0.246 e. The van der Waals surface area contributed by atoms with Gasteiger partial charge in [-0.3, -0.25) is 4.79 Å². The van der Waals surface area contributed by atoms with Gasteiger partial charge in [-0.05, 0) is 24.1 Å². The Morgan fingerprint density at radius 2 is 2.25 bits per heavy atom. The lowest BCUT2D eigenvalue weighted by Crippen LogP contribution is -2.35. The van der Waals surface area contributed by atoms with Gasteiger partial charge in [-0.25, -0.2) is 4.99 Å². The molecule has 4 N–H and O–H groups in total. The number of benzene rings is 1. The lowest BCUT2D eigenvalue weighted by molar-refractivity contribution is -0.114. The highest BCUT2D eigenvalue weighted by atomic mass is 16.5. The summed E-state index contributed by atoms with van der Waals surface area (Å²) in [6, 6.07) is 7.73. The number of carbonyl (C=O) groups is 1. The Labute approximate surface area is 119 Å². The second-order valence-electron chi connectivity index (χ2n) is 4.22. The molecule has 110 valence electrons. The molecule has 0 unspecified atom stereocenters. The van der Waals surface area contributed by atoms with E-state index < -0.39 is 0 Å². The SMILES string of the molecule is CCc1cccc(NC(=O)CN=C(N)NCCOC)c1. The fourth-order valence-corrected chi connectivity index (χ4v) is 1.56. The van der Waals surface area contributed by atoms with Crippen LogP contribution in [0.4, 0.5) is 5.69 Å². The zero-order valence-electron chi connectivity index (χ0n) is 12.0. The number of methoxy groups -OCH3 is 1. The number of hydrogen-bond donors (Lipinski definition) is 3. The standard InChI is InChI=1S/C14H22N4O2/c1-3-11-5-4-6-12(9-11)18-13(19)10-17-14(15)16-7-8-20-2/h4-6,9H,3,7-8,10H2,1-2H3,(H,18,19)(H3,15,16,17). The van der Waals surface area contributed by atoms with Gasteiger partial charge in [0.25, 0.3) is 0 Å². The Morgan fingerprint density at radius 1 is 1.45 bits per heavy atom. The fourth-order valence-electron chi connectivity index (χ4n) is 1.56. The monoisotopic (exact) mass is 278 g/mol. The molecule has 0 aliphatic rings. The summed E-state index contributed by atoms with van der Waals surface area (Å²) in [6.07, 6.45) is 0.929. The lowest BCUT2D eigenvalue weighted by atomic mass is 10.1. The molecule has 6 nitrogen and oxygen atoms in total. The van der Waals surface area contributed by atoms with E-state index in [1.165, 1.54) is 5.56 Å². The van der Waals surface area contributed by atoms with Crippen LogP contribution >= 0.6 is 0 Å². The quantitative estimate of drug-likeness (QED) is 0.390. The summed E-state index contributed by atoms with van der Waals surface area (Å²) >= 11 is 0. The van der Waals surface area contributed by atoms with E-state index in [1.54, 1.807) is 7.11 Å². The van der Waals surface area contributed by atoms with Crippen LogP contribution in [0.2, 0.25) is 0 Å². The number of hydrogen-bond acceptors (Lipinski definition) is 3. The maximum atomic E-state index is 11.7. The van der Waals surface area contributed by atoms with Gasteiger partial charge >= 0.3 is 0 Å². The molecule has 1 aromatic carbocycles. The first-order valence-electron chi connectivity index (χ1n) is 6.57. The highest BCUT2D eigenvalue weighted by molar-refractivity contribution is 5.93. The highest BCUT2D eigenvalue weighted by Crippen LogP contribution is 2.10. The lowest BCUT2D eigenvalue weighted by Gasteiger charge is -2.06. The number of guanidine groups is 1. The highest BCUT2D eigenvalue weighted by Gasteiger charge is 2.02. The van der Waals surface area contributed by atoms with Crippen molar-refractivity contribution in [1.82, 2.24) is 5.32 Å². The van der Waals surface area contributed by atoms with Crippen LogP contribution in [0.1, 0.15) is 12.5 Å². The zero-order chi connectivity index (χ0) is 14.8. The van der Waals surface area contributed by atoms with Crippen LogP contribution in [0.25, 0.3) is 0 Å². The van der Waals surface area contributed by atoms with Gasteiger partial charge < -0.3 is 21.1 Å². The average molecular weight is 278 g/mol. The van der Waals surface area contributed by atoms with Crippen LogP contribution in [0.3, 0.4) is 0 Å². The average Bonchev–Trinajstić information content (AvgIpc) is 2.45. The molecule has 0 radical (unpaired) electrons. The summed E-state index contributed by atoms with van der Waals surface area (Å²) in [4.78, 5) is 15.7. The van der Waals surface area contributed by atoms with Gasteiger partial charge in [0.15, 0.2) is 5.96 Å². The molecule has 0 spiro atoms. The largest absolute Gasteiger partial charge is 0.383 e. The molecular weight excluding hydrogens is 256 g/mol. The third-order valence-electron chi connectivity index (χ3n) is 2.62. The Morgan fingerprint density at radius 3 is 2.95 bits per heavy atom. The number of anilines is 1. The number of nitrogens with one attached hydrogen (secondary N) is 2. The molecule has 0 bridgehead atoms. The molecular formula is C14H22N4O2. The second-order valence-corrected chi connectivity index (χ2v) is 4.22. The van der Waals surface area contributed by atoms with E-state index in [1.807, 2.05) is 24.3 Å². The number of amides is 1. The minimum absolute atomic E-state index is 0.0117. The normalized spacial score (nSPS) is 11.2. The van der Waals surface area contributed by atoms with Crippen molar-refractivity contribution in [3.63, 3.8) is 0 Å². The summed E-state index contributed by atoms with van der Waals surface area (Å²) in [5.74, 6) is 0.0363. The molecule has 20 heavy (non-hydrogen) atoms. The first-order chi connectivity index (χ1) is 9.65. The van der Waals surface area contributed by atoms with E-state index in [0.29, 0.717) is 13.2 Å². The van der Waals surface area contributed by atoms with Crippen molar-refractivity contribution in [2.45, 2.75) is 13.3 Å². The topological polar surface area (TPSA) is 88.7 Å². The van der Waals surface area contributed by atoms with Gasteiger partial charge in [0.1, 0.15) is 6.54 Å². The minimum Gasteiger partial charge on any atom is -0.383 e. The Hall–Kier alpha value is -2.08. The molecule has 1 rings (SSSR count). The second kappa shape index (κ2) is 8.92. The molecule has 0 aromatic heterocycles. The minimum atomic E-state index is -0.199. The van der Waals surface area contributed by atoms with Crippen molar-refractivity contribution in [2.75, 3.05) is 32.1 Å². The number of rotatable bonds is 7.